The molecule has 0 spiro atoms. The molecular weight excluding hydrogens is 230 g/mol. The summed E-state index contributed by atoms with van der Waals surface area (Å²) in [5.74, 6) is -0.556. The molecule has 0 fully saturated rings. The number of carbonyl (C=O) groups is 2. The Bertz CT molecular complexity index is 503. The number of hydrogen-bond acceptors (Lipinski definition) is 3. The first-order chi connectivity index (χ1) is 8.60. The number of nitrogens with one attached hydrogen (secondary N) is 2. The lowest BCUT2D eigenvalue weighted by Gasteiger charge is -2.11. The number of anilines is 1. The summed E-state index contributed by atoms with van der Waals surface area (Å²) in [6.45, 7) is 4.14. The molecule has 0 heterocycles. The van der Waals surface area contributed by atoms with Crippen LogP contribution in [-0.4, -0.2) is 18.4 Å². The van der Waals surface area contributed by atoms with Crippen LogP contribution in [0, 0.1) is 18.3 Å². The fourth-order valence-electron chi connectivity index (χ4n) is 1.54. The minimum Gasteiger partial charge on any atom is -0.352 e. The van der Waals surface area contributed by atoms with Crippen LogP contribution in [0.1, 0.15) is 29.3 Å². The van der Waals surface area contributed by atoms with Crippen LogP contribution in [0.25, 0.3) is 0 Å². The van der Waals surface area contributed by atoms with Gasteiger partial charge in [0.1, 0.15) is 6.42 Å². The summed E-state index contributed by atoms with van der Waals surface area (Å²) in [6.07, 6.45) is -0.204. The second-order valence-electron chi connectivity index (χ2n) is 3.72. The van der Waals surface area contributed by atoms with E-state index in [0.717, 1.165) is 0 Å². The van der Waals surface area contributed by atoms with Gasteiger partial charge in [-0.2, -0.15) is 5.26 Å². The number of amides is 2. The van der Waals surface area contributed by atoms with Crippen LogP contribution in [0.2, 0.25) is 0 Å². The lowest BCUT2D eigenvalue weighted by Crippen LogP contribution is -2.24. The van der Waals surface area contributed by atoms with Crippen LogP contribution < -0.4 is 10.6 Å². The van der Waals surface area contributed by atoms with Gasteiger partial charge >= 0.3 is 0 Å². The average molecular weight is 245 g/mol. The number of hydrogen-bond donors (Lipinski definition) is 2. The predicted octanol–water partition coefficient (Wildman–Crippen LogP) is 1.60. The van der Waals surface area contributed by atoms with Crippen molar-refractivity contribution in [3.05, 3.63) is 29.3 Å². The molecule has 0 saturated heterocycles. The Kier molecular flexibility index (Phi) is 4.88. The molecule has 0 aromatic heterocycles. The van der Waals surface area contributed by atoms with Crippen LogP contribution in [0.5, 0.6) is 0 Å². The molecule has 5 heteroatoms. The highest BCUT2D eigenvalue weighted by Gasteiger charge is 2.12. The van der Waals surface area contributed by atoms with Crippen LogP contribution in [0.4, 0.5) is 5.69 Å². The zero-order valence-corrected chi connectivity index (χ0v) is 10.4. The Morgan fingerprint density at radius 2 is 2.11 bits per heavy atom. The minimum absolute atomic E-state index is 0.175. The first-order valence-corrected chi connectivity index (χ1v) is 5.64. The molecule has 5 nitrogen and oxygen atoms in total. The molecule has 18 heavy (non-hydrogen) atoms. The molecule has 0 atom stereocenters. The molecule has 0 aliphatic heterocycles. The molecule has 0 radical (unpaired) electrons. The quantitative estimate of drug-likeness (QED) is 0.845. The second-order valence-corrected chi connectivity index (χ2v) is 3.72. The van der Waals surface area contributed by atoms with Crippen molar-refractivity contribution in [2.24, 2.45) is 0 Å². The fourth-order valence-corrected chi connectivity index (χ4v) is 1.54. The van der Waals surface area contributed by atoms with E-state index in [2.05, 4.69) is 10.6 Å². The third kappa shape index (κ3) is 3.32. The molecule has 94 valence electrons. The highest BCUT2D eigenvalue weighted by Crippen LogP contribution is 2.19. The Labute approximate surface area is 106 Å². The molecule has 1 aromatic carbocycles. The molecular formula is C13H15N3O2. The van der Waals surface area contributed by atoms with E-state index in [0.29, 0.717) is 23.4 Å². The first kappa shape index (κ1) is 13.7. The molecule has 1 rings (SSSR count). The van der Waals surface area contributed by atoms with Crippen molar-refractivity contribution >= 4 is 17.5 Å². The number of rotatable bonds is 4. The van der Waals surface area contributed by atoms with Crippen LogP contribution in [0.3, 0.4) is 0 Å². The van der Waals surface area contributed by atoms with Crippen molar-refractivity contribution < 1.29 is 9.59 Å². The van der Waals surface area contributed by atoms with E-state index in [1.807, 2.05) is 6.92 Å². The predicted molar refractivity (Wildman–Crippen MR) is 68.0 cm³/mol. The van der Waals surface area contributed by atoms with Gasteiger partial charge in [-0.15, -0.1) is 0 Å². The van der Waals surface area contributed by atoms with Gasteiger partial charge in [-0.1, -0.05) is 6.07 Å². The Balaban J connectivity index is 2.95. The summed E-state index contributed by atoms with van der Waals surface area (Å²) in [4.78, 5) is 23.1. The maximum Gasteiger partial charge on any atom is 0.251 e. The van der Waals surface area contributed by atoms with Crippen LogP contribution in [-0.2, 0) is 4.79 Å². The summed E-state index contributed by atoms with van der Waals surface area (Å²) in [6, 6.07) is 6.86. The summed E-state index contributed by atoms with van der Waals surface area (Å²) >= 11 is 0. The van der Waals surface area contributed by atoms with E-state index in [-0.39, 0.29) is 18.2 Å². The molecule has 0 aliphatic rings. The molecule has 0 unspecified atom stereocenters. The van der Waals surface area contributed by atoms with Crippen molar-refractivity contribution in [2.45, 2.75) is 20.3 Å². The van der Waals surface area contributed by atoms with E-state index in [4.69, 9.17) is 5.26 Å². The summed E-state index contributed by atoms with van der Waals surface area (Å²) < 4.78 is 0. The number of nitrogens with zero attached hydrogens (tertiary/aromatic N) is 1. The zero-order valence-electron chi connectivity index (χ0n) is 10.4. The summed E-state index contributed by atoms with van der Waals surface area (Å²) in [5.41, 5.74) is 1.76. The minimum atomic E-state index is -0.381. The highest BCUT2D eigenvalue weighted by molar-refractivity contribution is 5.99. The Morgan fingerprint density at radius 1 is 1.39 bits per heavy atom. The van der Waals surface area contributed by atoms with E-state index in [9.17, 15) is 9.59 Å². The fraction of sp³-hybridized carbons (Fsp3) is 0.308. The van der Waals surface area contributed by atoms with Gasteiger partial charge in [0.2, 0.25) is 5.91 Å². The number of carbonyl (C=O) groups excluding carboxylic acids is 2. The molecule has 2 amide bonds. The highest BCUT2D eigenvalue weighted by atomic mass is 16.2. The maximum atomic E-state index is 11.8. The first-order valence-electron chi connectivity index (χ1n) is 5.64. The van der Waals surface area contributed by atoms with E-state index >= 15 is 0 Å². The topological polar surface area (TPSA) is 82.0 Å². The average Bonchev–Trinajstić information content (AvgIpc) is 2.32. The van der Waals surface area contributed by atoms with Gasteiger partial charge in [-0.3, -0.25) is 9.59 Å². The van der Waals surface area contributed by atoms with Gasteiger partial charge in [0, 0.05) is 17.8 Å². The Morgan fingerprint density at radius 3 is 2.72 bits per heavy atom. The van der Waals surface area contributed by atoms with Gasteiger partial charge in [-0.05, 0) is 31.5 Å². The van der Waals surface area contributed by atoms with Crippen molar-refractivity contribution in [2.75, 3.05) is 11.9 Å². The van der Waals surface area contributed by atoms with Crippen molar-refractivity contribution in [1.82, 2.24) is 5.32 Å². The van der Waals surface area contributed by atoms with Gasteiger partial charge in [0.15, 0.2) is 0 Å². The van der Waals surface area contributed by atoms with Crippen molar-refractivity contribution in [3.63, 3.8) is 0 Å². The number of benzene rings is 1. The van der Waals surface area contributed by atoms with Gasteiger partial charge in [0.05, 0.1) is 6.07 Å². The van der Waals surface area contributed by atoms with Crippen molar-refractivity contribution in [1.29, 1.82) is 5.26 Å². The SMILES string of the molecule is CCNC(=O)c1cccc(NC(=O)CC#N)c1C. The van der Waals surface area contributed by atoms with E-state index in [1.165, 1.54) is 0 Å². The van der Waals surface area contributed by atoms with Crippen molar-refractivity contribution in [3.8, 4) is 6.07 Å². The van der Waals surface area contributed by atoms with Crippen LogP contribution >= 0.6 is 0 Å². The molecule has 2 N–H and O–H groups in total. The normalized spacial score (nSPS) is 9.39. The second kappa shape index (κ2) is 6.40. The standard InChI is InChI=1S/C13H15N3O2/c1-3-15-13(18)10-5-4-6-11(9(10)2)16-12(17)7-8-14/h4-6H,3,7H2,1-2H3,(H,15,18)(H,16,17). The summed E-state index contributed by atoms with van der Waals surface area (Å²) in [5, 5.41) is 13.7. The zero-order chi connectivity index (χ0) is 13.5. The lowest BCUT2D eigenvalue weighted by molar-refractivity contribution is -0.115. The third-order valence-electron chi connectivity index (χ3n) is 2.43. The Hall–Kier alpha value is -2.35. The number of nitriles is 1. The largest absolute Gasteiger partial charge is 0.352 e. The van der Waals surface area contributed by atoms with Gasteiger partial charge < -0.3 is 10.6 Å². The maximum absolute atomic E-state index is 11.8. The lowest BCUT2D eigenvalue weighted by atomic mass is 10.1. The molecule has 0 bridgehead atoms. The molecule has 0 saturated carbocycles. The molecule has 0 aliphatic carbocycles. The van der Waals surface area contributed by atoms with Crippen LogP contribution in [0.15, 0.2) is 18.2 Å². The molecule has 1 aromatic rings. The van der Waals surface area contributed by atoms with Gasteiger partial charge in [-0.25, -0.2) is 0 Å². The smallest absolute Gasteiger partial charge is 0.251 e. The van der Waals surface area contributed by atoms with E-state index < -0.39 is 0 Å². The van der Waals surface area contributed by atoms with Gasteiger partial charge in [0.25, 0.3) is 5.91 Å². The third-order valence-corrected chi connectivity index (χ3v) is 2.43. The monoisotopic (exact) mass is 245 g/mol. The summed E-state index contributed by atoms with van der Waals surface area (Å²) in [7, 11) is 0. The van der Waals surface area contributed by atoms with E-state index in [1.54, 1.807) is 31.2 Å².